The summed E-state index contributed by atoms with van der Waals surface area (Å²) in [6.07, 6.45) is 11.5. The lowest BCUT2D eigenvalue weighted by Crippen LogP contribution is -2.09. The van der Waals surface area contributed by atoms with Gasteiger partial charge in [-0.15, -0.1) is 0 Å². The summed E-state index contributed by atoms with van der Waals surface area (Å²) in [7, 11) is 0. The van der Waals surface area contributed by atoms with E-state index in [0.29, 0.717) is 12.6 Å². The lowest BCUT2D eigenvalue weighted by Gasteiger charge is -2.18. The van der Waals surface area contributed by atoms with Crippen LogP contribution in [-0.4, -0.2) is 14.5 Å². The van der Waals surface area contributed by atoms with Crippen molar-refractivity contribution in [2.75, 3.05) is 0 Å². The van der Waals surface area contributed by atoms with Crippen LogP contribution in [0.15, 0.2) is 30.6 Å². The smallest absolute Gasteiger partial charge is 0.176 e. The predicted molar refractivity (Wildman–Crippen MR) is 107 cm³/mol. The SMILES string of the molecule is CCCCc1c(-c2ncc(CN)cn2)n(C2CCCC2)c2ccc(F)cc12. The lowest BCUT2D eigenvalue weighted by molar-refractivity contribution is 0.537. The number of aryl methyl sites for hydroxylation is 1. The van der Waals surface area contributed by atoms with Gasteiger partial charge in [-0.2, -0.15) is 0 Å². The molecule has 0 spiro atoms. The molecule has 4 nitrogen and oxygen atoms in total. The number of benzene rings is 1. The summed E-state index contributed by atoms with van der Waals surface area (Å²) < 4.78 is 16.5. The highest BCUT2D eigenvalue weighted by Gasteiger charge is 2.27. The van der Waals surface area contributed by atoms with Crippen molar-refractivity contribution >= 4 is 10.9 Å². The molecular weight excluding hydrogens is 339 g/mol. The van der Waals surface area contributed by atoms with Crippen LogP contribution >= 0.6 is 0 Å². The predicted octanol–water partition coefficient (Wildman–Crippen LogP) is 5.15. The van der Waals surface area contributed by atoms with Crippen molar-refractivity contribution in [2.45, 2.75) is 64.5 Å². The molecule has 1 saturated carbocycles. The molecule has 2 N–H and O–H groups in total. The van der Waals surface area contributed by atoms with Crippen LogP contribution in [0.1, 0.15) is 62.6 Å². The molecular formula is C22H27FN4. The van der Waals surface area contributed by atoms with E-state index in [4.69, 9.17) is 5.73 Å². The average Bonchev–Trinajstić information content (AvgIpc) is 3.32. The van der Waals surface area contributed by atoms with Crippen molar-refractivity contribution in [1.82, 2.24) is 14.5 Å². The third-order valence-electron chi connectivity index (χ3n) is 5.69. The molecule has 27 heavy (non-hydrogen) atoms. The van der Waals surface area contributed by atoms with Crippen LogP contribution in [0.3, 0.4) is 0 Å². The molecule has 5 heteroatoms. The Kier molecular flexibility index (Phi) is 5.21. The van der Waals surface area contributed by atoms with Crippen molar-refractivity contribution in [3.8, 4) is 11.5 Å². The molecule has 0 atom stereocenters. The molecule has 4 rings (SSSR count). The molecule has 2 aromatic heterocycles. The van der Waals surface area contributed by atoms with Gasteiger partial charge in [-0.05, 0) is 49.4 Å². The van der Waals surface area contributed by atoms with Gasteiger partial charge in [0.2, 0.25) is 0 Å². The van der Waals surface area contributed by atoms with Gasteiger partial charge in [0.25, 0.3) is 0 Å². The summed E-state index contributed by atoms with van der Waals surface area (Å²) in [5.41, 5.74) is 9.99. The van der Waals surface area contributed by atoms with Crippen molar-refractivity contribution in [3.05, 3.63) is 47.5 Å². The van der Waals surface area contributed by atoms with Crippen LogP contribution in [0.4, 0.5) is 4.39 Å². The summed E-state index contributed by atoms with van der Waals surface area (Å²) in [6, 6.07) is 5.61. The fourth-order valence-corrected chi connectivity index (χ4v) is 4.33. The molecule has 142 valence electrons. The molecule has 0 saturated heterocycles. The summed E-state index contributed by atoms with van der Waals surface area (Å²) >= 11 is 0. The second kappa shape index (κ2) is 7.77. The highest BCUT2D eigenvalue weighted by atomic mass is 19.1. The molecule has 0 unspecified atom stereocenters. The maximum absolute atomic E-state index is 14.1. The van der Waals surface area contributed by atoms with Gasteiger partial charge < -0.3 is 10.3 Å². The fourth-order valence-electron chi connectivity index (χ4n) is 4.33. The molecule has 1 fully saturated rings. The van der Waals surface area contributed by atoms with Crippen LogP contribution in [0.5, 0.6) is 0 Å². The van der Waals surface area contributed by atoms with E-state index in [1.807, 2.05) is 18.5 Å². The van der Waals surface area contributed by atoms with Crippen LogP contribution in [0.2, 0.25) is 0 Å². The third-order valence-corrected chi connectivity index (χ3v) is 5.69. The van der Waals surface area contributed by atoms with E-state index >= 15 is 0 Å². The molecule has 0 amide bonds. The normalized spacial score (nSPS) is 15.1. The van der Waals surface area contributed by atoms with Gasteiger partial charge >= 0.3 is 0 Å². The van der Waals surface area contributed by atoms with Crippen molar-refractivity contribution < 1.29 is 4.39 Å². The first-order valence-electron chi connectivity index (χ1n) is 10.1. The molecule has 0 radical (unpaired) electrons. The summed E-state index contributed by atoms with van der Waals surface area (Å²) in [5.74, 6) is 0.538. The maximum Gasteiger partial charge on any atom is 0.176 e. The van der Waals surface area contributed by atoms with E-state index in [1.54, 1.807) is 12.1 Å². The lowest BCUT2D eigenvalue weighted by atomic mass is 10.0. The Bertz CT molecular complexity index is 924. The van der Waals surface area contributed by atoms with Crippen molar-refractivity contribution in [1.29, 1.82) is 0 Å². The Morgan fingerprint density at radius 2 is 1.93 bits per heavy atom. The Balaban J connectivity index is 1.98. The minimum absolute atomic E-state index is 0.185. The molecule has 1 aliphatic carbocycles. The van der Waals surface area contributed by atoms with E-state index in [-0.39, 0.29) is 5.82 Å². The minimum atomic E-state index is -0.185. The Morgan fingerprint density at radius 1 is 1.19 bits per heavy atom. The van der Waals surface area contributed by atoms with Crippen LogP contribution in [0, 0.1) is 5.82 Å². The molecule has 3 aromatic rings. The van der Waals surface area contributed by atoms with Gasteiger partial charge in [0.05, 0.1) is 5.69 Å². The number of nitrogens with zero attached hydrogens (tertiary/aromatic N) is 3. The number of hydrogen-bond acceptors (Lipinski definition) is 3. The second-order valence-corrected chi connectivity index (χ2v) is 7.52. The number of unbranched alkanes of at least 4 members (excludes halogenated alkanes) is 1. The highest BCUT2D eigenvalue weighted by Crippen LogP contribution is 2.41. The van der Waals surface area contributed by atoms with E-state index < -0.39 is 0 Å². The zero-order chi connectivity index (χ0) is 18.8. The summed E-state index contributed by atoms with van der Waals surface area (Å²) in [4.78, 5) is 9.27. The maximum atomic E-state index is 14.1. The molecule has 1 aliphatic rings. The molecule has 0 bridgehead atoms. The van der Waals surface area contributed by atoms with Gasteiger partial charge in [0.15, 0.2) is 5.82 Å². The standard InChI is InChI=1S/C22H27FN4/c1-2-3-8-18-19-11-16(23)9-10-20(19)27(17-6-4-5-7-17)21(18)22-25-13-15(12-24)14-26-22/h9-11,13-14,17H,2-8,12,24H2,1H3. The zero-order valence-corrected chi connectivity index (χ0v) is 15.9. The first-order chi connectivity index (χ1) is 13.2. The average molecular weight is 366 g/mol. The number of rotatable bonds is 6. The quantitative estimate of drug-likeness (QED) is 0.656. The van der Waals surface area contributed by atoms with Gasteiger partial charge in [-0.25, -0.2) is 14.4 Å². The van der Waals surface area contributed by atoms with Gasteiger partial charge in [-0.3, -0.25) is 0 Å². The number of aromatic nitrogens is 3. The largest absolute Gasteiger partial charge is 0.335 e. The highest BCUT2D eigenvalue weighted by molar-refractivity contribution is 5.91. The van der Waals surface area contributed by atoms with E-state index in [1.165, 1.54) is 18.4 Å². The third kappa shape index (κ3) is 3.36. The van der Waals surface area contributed by atoms with Crippen LogP contribution in [-0.2, 0) is 13.0 Å². The topological polar surface area (TPSA) is 56.7 Å². The molecule has 2 heterocycles. The van der Waals surface area contributed by atoms with Crippen LogP contribution < -0.4 is 5.73 Å². The van der Waals surface area contributed by atoms with Crippen LogP contribution in [0.25, 0.3) is 22.4 Å². The molecule has 0 aliphatic heterocycles. The zero-order valence-electron chi connectivity index (χ0n) is 15.9. The first kappa shape index (κ1) is 18.1. The number of halogens is 1. The minimum Gasteiger partial charge on any atom is -0.335 e. The first-order valence-corrected chi connectivity index (χ1v) is 10.1. The molecule has 1 aromatic carbocycles. The Morgan fingerprint density at radius 3 is 2.59 bits per heavy atom. The van der Waals surface area contributed by atoms with E-state index in [9.17, 15) is 4.39 Å². The Labute approximate surface area is 159 Å². The Hall–Kier alpha value is -2.27. The van der Waals surface area contributed by atoms with Crippen molar-refractivity contribution in [2.24, 2.45) is 5.73 Å². The van der Waals surface area contributed by atoms with E-state index in [2.05, 4.69) is 21.5 Å². The number of fused-ring (bicyclic) bond motifs is 1. The van der Waals surface area contributed by atoms with E-state index in [0.717, 1.165) is 60.1 Å². The van der Waals surface area contributed by atoms with Gasteiger partial charge in [0, 0.05) is 41.4 Å². The summed E-state index contributed by atoms with van der Waals surface area (Å²) in [6.45, 7) is 2.61. The second-order valence-electron chi connectivity index (χ2n) is 7.52. The number of hydrogen-bond donors (Lipinski definition) is 1. The monoisotopic (exact) mass is 366 g/mol. The van der Waals surface area contributed by atoms with Gasteiger partial charge in [0.1, 0.15) is 5.82 Å². The van der Waals surface area contributed by atoms with Crippen molar-refractivity contribution in [3.63, 3.8) is 0 Å². The fraction of sp³-hybridized carbons (Fsp3) is 0.455. The summed E-state index contributed by atoms with van der Waals surface area (Å²) in [5, 5.41) is 1.01. The van der Waals surface area contributed by atoms with Gasteiger partial charge in [-0.1, -0.05) is 26.2 Å². The number of nitrogens with two attached hydrogens (primary N) is 1.